The number of rotatable bonds is 6. The van der Waals surface area contributed by atoms with E-state index in [2.05, 4.69) is 15.3 Å². The Morgan fingerprint density at radius 1 is 1.04 bits per heavy atom. The van der Waals surface area contributed by atoms with Gasteiger partial charge in [-0.2, -0.15) is 0 Å². The number of amides is 1. The molecule has 0 aliphatic heterocycles. The molecule has 2 N–H and O–H groups in total. The zero-order chi connectivity index (χ0) is 20.1. The first kappa shape index (κ1) is 19.7. The summed E-state index contributed by atoms with van der Waals surface area (Å²) in [5.74, 6) is -2.51. The summed E-state index contributed by atoms with van der Waals surface area (Å²) in [6, 6.07) is 10.1. The summed E-state index contributed by atoms with van der Waals surface area (Å²) in [4.78, 5) is 30.7. The maximum Gasteiger partial charge on any atom is 0.251 e. The van der Waals surface area contributed by atoms with E-state index >= 15 is 0 Å². The van der Waals surface area contributed by atoms with Crippen LogP contribution in [-0.4, -0.2) is 15.9 Å². The molecule has 0 saturated heterocycles. The second-order valence-corrected chi connectivity index (χ2v) is 6.77. The van der Waals surface area contributed by atoms with Crippen LogP contribution in [-0.2, 0) is 17.0 Å². The molecule has 9 heteroatoms. The average Bonchev–Trinajstić information content (AvgIpc) is 2.64. The topological polar surface area (TPSA) is 74.8 Å². The van der Waals surface area contributed by atoms with Gasteiger partial charge in [-0.1, -0.05) is 23.9 Å². The van der Waals surface area contributed by atoms with Crippen molar-refractivity contribution in [2.75, 3.05) is 5.32 Å². The second kappa shape index (κ2) is 8.75. The highest BCUT2D eigenvalue weighted by atomic mass is 32.2. The van der Waals surface area contributed by atoms with Crippen LogP contribution in [0.2, 0.25) is 0 Å². The normalized spacial score (nSPS) is 10.7. The van der Waals surface area contributed by atoms with E-state index in [0.29, 0.717) is 10.9 Å². The number of nitrogens with one attached hydrogen (secondary N) is 2. The molecule has 5 nitrogen and oxygen atoms in total. The smallest absolute Gasteiger partial charge is 0.251 e. The predicted octanol–water partition coefficient (Wildman–Crippen LogP) is 3.66. The molecule has 0 aliphatic rings. The Bertz CT molecular complexity index is 1060. The molecule has 0 atom stereocenters. The molecule has 3 rings (SSSR count). The fraction of sp³-hybridized carbons (Fsp3) is 0.105. The number of halogens is 3. The lowest BCUT2D eigenvalue weighted by Crippen LogP contribution is -2.18. The predicted molar refractivity (Wildman–Crippen MR) is 99.5 cm³/mol. The van der Waals surface area contributed by atoms with Crippen molar-refractivity contribution in [3.05, 3.63) is 87.6 Å². The minimum atomic E-state index is -1.08. The van der Waals surface area contributed by atoms with E-state index in [0.717, 1.165) is 17.7 Å². The Morgan fingerprint density at radius 3 is 2.50 bits per heavy atom. The van der Waals surface area contributed by atoms with E-state index < -0.39 is 23.1 Å². The molecule has 0 unspecified atom stereocenters. The molecular weight excluding hydrogens is 391 g/mol. The van der Waals surface area contributed by atoms with Crippen LogP contribution in [0.1, 0.15) is 11.3 Å². The first-order valence-corrected chi connectivity index (χ1v) is 9.10. The van der Waals surface area contributed by atoms with E-state index in [1.807, 2.05) is 0 Å². The van der Waals surface area contributed by atoms with Gasteiger partial charge in [0.2, 0.25) is 5.91 Å². The Balaban J connectivity index is 1.65. The molecule has 1 amide bonds. The van der Waals surface area contributed by atoms with Gasteiger partial charge in [-0.3, -0.25) is 9.59 Å². The van der Waals surface area contributed by atoms with Gasteiger partial charge >= 0.3 is 0 Å². The van der Waals surface area contributed by atoms with Crippen molar-refractivity contribution in [3.63, 3.8) is 0 Å². The number of H-pyrrole nitrogens is 1. The number of thioether (sulfide) groups is 1. The van der Waals surface area contributed by atoms with Gasteiger partial charge in [0.1, 0.15) is 5.82 Å². The number of hydrogen-bond donors (Lipinski definition) is 2. The van der Waals surface area contributed by atoms with Crippen molar-refractivity contribution < 1.29 is 18.0 Å². The summed E-state index contributed by atoms with van der Waals surface area (Å²) in [6.07, 6.45) is -0.215. The highest BCUT2D eigenvalue weighted by Gasteiger charge is 2.10. The molecule has 144 valence electrons. The standard InChI is InChI=1S/C19H14F3N3O2S/c20-12-3-1-11(2-4-12)10-28-19-24-14(9-18(27)25-19)8-17(26)23-13-5-6-15(21)16(22)7-13/h1-7,9H,8,10H2,(H,23,26)(H,24,25,27). The quantitative estimate of drug-likeness (QED) is 0.485. The van der Waals surface area contributed by atoms with Crippen LogP contribution in [0, 0.1) is 17.5 Å². The minimum absolute atomic E-state index is 0.0969. The molecule has 0 bridgehead atoms. The summed E-state index contributed by atoms with van der Waals surface area (Å²) in [6.45, 7) is 0. The van der Waals surface area contributed by atoms with Gasteiger partial charge < -0.3 is 10.3 Å². The van der Waals surface area contributed by atoms with E-state index in [4.69, 9.17) is 0 Å². The molecule has 2 aromatic carbocycles. The molecule has 1 heterocycles. The second-order valence-electron chi connectivity index (χ2n) is 5.81. The monoisotopic (exact) mass is 405 g/mol. The zero-order valence-electron chi connectivity index (χ0n) is 14.3. The van der Waals surface area contributed by atoms with Crippen molar-refractivity contribution in [2.45, 2.75) is 17.3 Å². The van der Waals surface area contributed by atoms with E-state index in [1.54, 1.807) is 12.1 Å². The highest BCUT2D eigenvalue weighted by molar-refractivity contribution is 7.98. The maximum absolute atomic E-state index is 13.2. The van der Waals surface area contributed by atoms with Gasteiger partial charge in [-0.25, -0.2) is 18.2 Å². The lowest BCUT2D eigenvalue weighted by molar-refractivity contribution is -0.115. The number of benzene rings is 2. The highest BCUT2D eigenvalue weighted by Crippen LogP contribution is 2.19. The van der Waals surface area contributed by atoms with Gasteiger partial charge in [0.25, 0.3) is 5.56 Å². The van der Waals surface area contributed by atoms with Gasteiger partial charge in [0, 0.05) is 23.6 Å². The molecule has 3 aromatic rings. The van der Waals surface area contributed by atoms with Crippen LogP contribution in [0.25, 0.3) is 0 Å². The molecule has 0 aliphatic carbocycles. The van der Waals surface area contributed by atoms with Gasteiger partial charge in [-0.05, 0) is 29.8 Å². The van der Waals surface area contributed by atoms with Crippen molar-refractivity contribution in [2.24, 2.45) is 0 Å². The Hall–Kier alpha value is -3.07. The first-order chi connectivity index (χ1) is 13.4. The summed E-state index contributed by atoms with van der Waals surface area (Å²) in [7, 11) is 0. The van der Waals surface area contributed by atoms with Gasteiger partial charge in [0.05, 0.1) is 12.1 Å². The van der Waals surface area contributed by atoms with Crippen LogP contribution < -0.4 is 10.9 Å². The van der Waals surface area contributed by atoms with Crippen LogP contribution >= 0.6 is 11.8 Å². The van der Waals surface area contributed by atoms with Crippen LogP contribution in [0.4, 0.5) is 18.9 Å². The first-order valence-electron chi connectivity index (χ1n) is 8.11. The SMILES string of the molecule is O=C(Cc1cc(=O)[nH]c(SCc2ccc(F)cc2)n1)Nc1ccc(F)c(F)c1. The van der Waals surface area contributed by atoms with E-state index in [9.17, 15) is 22.8 Å². The maximum atomic E-state index is 13.2. The van der Waals surface area contributed by atoms with Gasteiger partial charge in [0.15, 0.2) is 16.8 Å². The minimum Gasteiger partial charge on any atom is -0.326 e. The molecule has 0 spiro atoms. The van der Waals surface area contributed by atoms with Crippen LogP contribution in [0.5, 0.6) is 0 Å². The number of anilines is 1. The van der Waals surface area contributed by atoms with Gasteiger partial charge in [-0.15, -0.1) is 0 Å². The lowest BCUT2D eigenvalue weighted by atomic mass is 10.2. The molecule has 0 fully saturated rings. The van der Waals surface area contributed by atoms with Crippen molar-refractivity contribution in [3.8, 4) is 0 Å². The number of aromatic nitrogens is 2. The van der Waals surface area contributed by atoms with Crippen molar-refractivity contribution >= 4 is 23.4 Å². The third-order valence-corrected chi connectivity index (χ3v) is 4.55. The third kappa shape index (κ3) is 5.46. The summed E-state index contributed by atoms with van der Waals surface area (Å²) >= 11 is 1.23. The fourth-order valence-electron chi connectivity index (χ4n) is 2.32. The molecule has 0 radical (unpaired) electrons. The Labute approximate surface area is 162 Å². The molecule has 0 saturated carbocycles. The van der Waals surface area contributed by atoms with E-state index in [1.165, 1.54) is 36.0 Å². The summed E-state index contributed by atoms with van der Waals surface area (Å²) in [5, 5.41) is 2.73. The summed E-state index contributed by atoms with van der Waals surface area (Å²) in [5.41, 5.74) is 0.743. The molecular formula is C19H14F3N3O2S. The fourth-order valence-corrected chi connectivity index (χ4v) is 3.17. The lowest BCUT2D eigenvalue weighted by Gasteiger charge is -2.07. The number of carbonyl (C=O) groups is 1. The van der Waals surface area contributed by atoms with Crippen molar-refractivity contribution in [1.29, 1.82) is 0 Å². The Kier molecular flexibility index (Phi) is 6.15. The average molecular weight is 405 g/mol. The van der Waals surface area contributed by atoms with E-state index in [-0.39, 0.29) is 23.6 Å². The number of hydrogen-bond acceptors (Lipinski definition) is 4. The number of carbonyl (C=O) groups excluding carboxylic acids is 1. The number of aromatic amines is 1. The third-order valence-electron chi connectivity index (χ3n) is 3.61. The number of nitrogens with zero attached hydrogens (tertiary/aromatic N) is 1. The van der Waals surface area contributed by atoms with Crippen LogP contribution in [0.15, 0.2) is 58.5 Å². The van der Waals surface area contributed by atoms with Crippen LogP contribution in [0.3, 0.4) is 0 Å². The van der Waals surface area contributed by atoms with Crippen molar-refractivity contribution in [1.82, 2.24) is 9.97 Å². The largest absolute Gasteiger partial charge is 0.326 e. The molecule has 28 heavy (non-hydrogen) atoms. The Morgan fingerprint density at radius 2 is 1.79 bits per heavy atom. The molecule has 1 aromatic heterocycles. The zero-order valence-corrected chi connectivity index (χ0v) is 15.2. The summed E-state index contributed by atoms with van der Waals surface area (Å²) < 4.78 is 39.1.